The summed E-state index contributed by atoms with van der Waals surface area (Å²) in [6.45, 7) is 7.81. The van der Waals surface area contributed by atoms with Crippen LogP contribution in [0, 0.1) is 5.39 Å². The van der Waals surface area contributed by atoms with Crippen LogP contribution < -0.4 is 14.4 Å². The minimum absolute atomic E-state index is 0.382. The molecule has 1 aliphatic rings. The van der Waals surface area contributed by atoms with Gasteiger partial charge in [0.25, 0.3) is 5.75 Å². The van der Waals surface area contributed by atoms with Crippen LogP contribution in [0.1, 0.15) is 13.8 Å². The Labute approximate surface area is 143 Å². The Morgan fingerprint density at radius 2 is 1.60 bits per heavy atom. The van der Waals surface area contributed by atoms with Gasteiger partial charge in [0.1, 0.15) is 0 Å². The third kappa shape index (κ3) is 7.05. The van der Waals surface area contributed by atoms with Crippen molar-refractivity contribution in [1.82, 2.24) is 0 Å². The molecule has 1 fully saturated rings. The van der Waals surface area contributed by atoms with Crippen molar-refractivity contribution in [3.63, 3.8) is 0 Å². The van der Waals surface area contributed by atoms with E-state index in [1.807, 2.05) is 19.9 Å². The van der Waals surface area contributed by atoms with Crippen molar-refractivity contribution in [2.45, 2.75) is 13.8 Å². The number of ether oxygens (including phenoxy) is 3. The van der Waals surface area contributed by atoms with E-state index in [2.05, 4.69) is 9.88 Å². The summed E-state index contributed by atoms with van der Waals surface area (Å²) in [5.41, 5.74) is 1.33. The zero-order chi connectivity index (χ0) is 18.9. The van der Waals surface area contributed by atoms with Crippen molar-refractivity contribution in [2.24, 2.45) is 0 Å². The molecular formula is C14H20BF4N3O3. The van der Waals surface area contributed by atoms with Crippen LogP contribution in [0.25, 0.3) is 4.98 Å². The van der Waals surface area contributed by atoms with Gasteiger partial charge >= 0.3 is 12.9 Å². The van der Waals surface area contributed by atoms with Crippen molar-refractivity contribution < 1.29 is 31.5 Å². The number of hydrogen-bond acceptors (Lipinski definition) is 5. The van der Waals surface area contributed by atoms with Crippen molar-refractivity contribution in [2.75, 3.05) is 44.4 Å². The molecule has 140 valence electrons. The summed E-state index contributed by atoms with van der Waals surface area (Å²) in [4.78, 5) is 5.46. The highest BCUT2D eigenvalue weighted by atomic mass is 19.5. The molecule has 6 nitrogen and oxygen atoms in total. The molecule has 0 saturated carbocycles. The second-order valence-electron chi connectivity index (χ2n) is 4.82. The van der Waals surface area contributed by atoms with Crippen LogP contribution in [0.4, 0.5) is 28.6 Å². The maximum absolute atomic E-state index is 9.75. The normalized spacial score (nSPS) is 14.2. The highest BCUT2D eigenvalue weighted by Crippen LogP contribution is 2.45. The van der Waals surface area contributed by atoms with Crippen LogP contribution in [0.5, 0.6) is 11.5 Å². The van der Waals surface area contributed by atoms with Gasteiger partial charge < -0.3 is 36.4 Å². The zero-order valence-electron chi connectivity index (χ0n) is 14.1. The SMILES string of the molecule is CCOc1c([N+]#N)ccc(N2CCOCC2)c1OCC.F[B-](F)(F)F. The first kappa shape index (κ1) is 20.8. The summed E-state index contributed by atoms with van der Waals surface area (Å²) in [5.74, 6) is 1.12. The lowest BCUT2D eigenvalue weighted by Crippen LogP contribution is -2.36. The molecule has 0 radical (unpaired) electrons. The Morgan fingerprint density at radius 3 is 2.08 bits per heavy atom. The van der Waals surface area contributed by atoms with E-state index >= 15 is 0 Å². The average Bonchev–Trinajstić information content (AvgIpc) is 2.56. The minimum atomic E-state index is -6.00. The fourth-order valence-electron chi connectivity index (χ4n) is 2.24. The van der Waals surface area contributed by atoms with Crippen LogP contribution in [0.15, 0.2) is 12.1 Å². The molecule has 1 aromatic rings. The van der Waals surface area contributed by atoms with Gasteiger partial charge in [-0.1, -0.05) is 0 Å². The highest BCUT2D eigenvalue weighted by Gasteiger charge is 2.27. The topological polar surface area (TPSA) is 59.1 Å². The summed E-state index contributed by atoms with van der Waals surface area (Å²) in [5, 5.41) is 9.09. The molecule has 0 amide bonds. The Hall–Kier alpha value is -2.22. The van der Waals surface area contributed by atoms with E-state index in [4.69, 9.17) is 19.6 Å². The van der Waals surface area contributed by atoms with E-state index in [0.29, 0.717) is 43.6 Å². The Bertz CT molecular complexity index is 584. The van der Waals surface area contributed by atoms with Crippen molar-refractivity contribution in [3.8, 4) is 11.5 Å². The van der Waals surface area contributed by atoms with Gasteiger partial charge in [0.2, 0.25) is 5.39 Å². The van der Waals surface area contributed by atoms with E-state index in [9.17, 15) is 17.3 Å². The van der Waals surface area contributed by atoms with Gasteiger partial charge in [-0.05, 0) is 19.9 Å². The first-order valence-corrected chi connectivity index (χ1v) is 7.79. The number of halogens is 4. The molecule has 0 unspecified atom stereocenters. The van der Waals surface area contributed by atoms with Crippen molar-refractivity contribution in [1.29, 1.82) is 5.39 Å². The summed E-state index contributed by atoms with van der Waals surface area (Å²) in [7, 11) is -6.00. The van der Waals surface area contributed by atoms with E-state index in [0.717, 1.165) is 18.8 Å². The fraction of sp³-hybridized carbons (Fsp3) is 0.571. The quantitative estimate of drug-likeness (QED) is 0.447. The molecule has 0 N–H and O–H groups in total. The van der Waals surface area contributed by atoms with Gasteiger partial charge in [-0.15, -0.1) is 0 Å². The number of nitrogens with zero attached hydrogens (tertiary/aromatic N) is 3. The lowest BCUT2D eigenvalue weighted by Gasteiger charge is -2.30. The molecular weight excluding hydrogens is 345 g/mol. The molecule has 0 atom stereocenters. The summed E-state index contributed by atoms with van der Waals surface area (Å²) >= 11 is 0. The first-order valence-electron chi connectivity index (χ1n) is 7.79. The molecule has 11 heteroatoms. The molecule has 25 heavy (non-hydrogen) atoms. The van der Waals surface area contributed by atoms with Crippen LogP contribution in [0.2, 0.25) is 0 Å². The second-order valence-corrected chi connectivity index (χ2v) is 4.82. The molecule has 0 aromatic heterocycles. The summed E-state index contributed by atoms with van der Waals surface area (Å²) in [6, 6.07) is 3.63. The van der Waals surface area contributed by atoms with E-state index < -0.39 is 7.25 Å². The number of anilines is 1. The molecule has 0 bridgehead atoms. The smallest absolute Gasteiger partial charge is 0.488 e. The number of rotatable bonds is 5. The largest absolute Gasteiger partial charge is 0.673 e. The molecule has 1 aromatic carbocycles. The zero-order valence-corrected chi connectivity index (χ0v) is 14.1. The molecule has 0 spiro atoms. The number of benzene rings is 1. The number of diazo groups is 1. The van der Waals surface area contributed by atoms with Gasteiger partial charge in [-0.25, -0.2) is 0 Å². The third-order valence-corrected chi connectivity index (χ3v) is 3.11. The first-order chi connectivity index (χ1) is 11.8. The Kier molecular flexibility index (Phi) is 8.27. The van der Waals surface area contributed by atoms with Gasteiger partial charge in [-0.3, -0.25) is 0 Å². The van der Waals surface area contributed by atoms with Crippen molar-refractivity contribution >= 4 is 18.6 Å². The average molecular weight is 365 g/mol. The minimum Gasteiger partial charge on any atom is -0.488 e. The molecule has 2 rings (SSSR count). The highest BCUT2D eigenvalue weighted by molar-refractivity contribution is 6.50. The van der Waals surface area contributed by atoms with Gasteiger partial charge in [0.05, 0.1) is 32.1 Å². The molecule has 1 heterocycles. The van der Waals surface area contributed by atoms with E-state index in [1.54, 1.807) is 6.07 Å². The van der Waals surface area contributed by atoms with Crippen LogP contribution >= 0.6 is 0 Å². The molecule has 1 saturated heterocycles. The predicted octanol–water partition coefficient (Wildman–Crippen LogP) is 4.11. The van der Waals surface area contributed by atoms with E-state index in [1.165, 1.54) is 0 Å². The Balaban J connectivity index is 0.000000550. The Morgan fingerprint density at radius 1 is 1.08 bits per heavy atom. The number of morpholine rings is 1. The maximum Gasteiger partial charge on any atom is 0.673 e. The number of hydrogen-bond donors (Lipinski definition) is 0. The van der Waals surface area contributed by atoms with Gasteiger partial charge in [-0.2, -0.15) is 0 Å². The van der Waals surface area contributed by atoms with Crippen LogP contribution in [-0.4, -0.2) is 46.8 Å². The predicted molar refractivity (Wildman–Crippen MR) is 86.7 cm³/mol. The maximum atomic E-state index is 9.75. The second kappa shape index (κ2) is 9.93. The standard InChI is InChI=1S/C14H20N3O3.BF4/c1-3-19-13-11(16-15)5-6-12(14(13)20-4-2)17-7-9-18-10-8-17;2-1(3,4)5/h5-6H,3-4,7-10H2,1-2H3;/q+1;-1. The molecule has 1 aliphatic heterocycles. The third-order valence-electron chi connectivity index (χ3n) is 3.11. The summed E-state index contributed by atoms with van der Waals surface area (Å²) in [6.07, 6.45) is 0. The van der Waals surface area contributed by atoms with E-state index in [-0.39, 0.29) is 0 Å². The lowest BCUT2D eigenvalue weighted by molar-refractivity contribution is 0.122. The fourth-order valence-corrected chi connectivity index (χ4v) is 2.24. The monoisotopic (exact) mass is 365 g/mol. The van der Waals surface area contributed by atoms with Crippen molar-refractivity contribution in [3.05, 3.63) is 17.1 Å². The lowest BCUT2D eigenvalue weighted by atomic mass is 10.2. The molecule has 0 aliphatic carbocycles. The van der Waals surface area contributed by atoms with Gasteiger partial charge in [0.15, 0.2) is 10.7 Å². The van der Waals surface area contributed by atoms with Gasteiger partial charge in [0, 0.05) is 19.2 Å². The summed E-state index contributed by atoms with van der Waals surface area (Å²) < 4.78 is 55.7. The van der Waals surface area contributed by atoms with Crippen LogP contribution in [-0.2, 0) is 4.74 Å². The van der Waals surface area contributed by atoms with Crippen LogP contribution in [0.3, 0.4) is 0 Å².